The number of H-pyrrole nitrogens is 1. The Morgan fingerprint density at radius 2 is 2.18 bits per heavy atom. The number of rotatable bonds is 5. The maximum absolute atomic E-state index is 12.8. The second kappa shape index (κ2) is 7.20. The lowest BCUT2D eigenvalue weighted by atomic mass is 10.2. The van der Waals surface area contributed by atoms with E-state index in [4.69, 9.17) is 4.52 Å². The van der Waals surface area contributed by atoms with Crippen LogP contribution in [0, 0.1) is 0 Å². The van der Waals surface area contributed by atoms with Gasteiger partial charge in [0.15, 0.2) is 0 Å². The molecule has 0 saturated carbocycles. The van der Waals surface area contributed by atoms with Crippen LogP contribution in [0.1, 0.15) is 37.0 Å². The summed E-state index contributed by atoms with van der Waals surface area (Å²) in [7, 11) is 0. The summed E-state index contributed by atoms with van der Waals surface area (Å²) < 4.78 is 5.31. The van der Waals surface area contributed by atoms with Crippen LogP contribution in [0.5, 0.6) is 0 Å². The Balaban J connectivity index is 1.27. The van der Waals surface area contributed by atoms with Crippen LogP contribution < -0.4 is 0 Å². The van der Waals surface area contributed by atoms with Gasteiger partial charge in [-0.2, -0.15) is 4.98 Å². The zero-order valence-electron chi connectivity index (χ0n) is 15.2. The number of thiophene rings is 1. The summed E-state index contributed by atoms with van der Waals surface area (Å²) in [4.78, 5) is 28.2. The van der Waals surface area contributed by atoms with Crippen LogP contribution in [0.15, 0.2) is 46.3 Å². The number of nitrogens with zero attached hydrogens (tertiary/aromatic N) is 4. The van der Waals surface area contributed by atoms with E-state index in [1.54, 1.807) is 11.3 Å². The van der Waals surface area contributed by atoms with Gasteiger partial charge in [0.25, 0.3) is 0 Å². The Hall–Kier alpha value is -3.00. The van der Waals surface area contributed by atoms with Crippen molar-refractivity contribution in [1.82, 2.24) is 25.0 Å². The van der Waals surface area contributed by atoms with Gasteiger partial charge in [-0.3, -0.25) is 4.79 Å². The highest BCUT2D eigenvalue weighted by atomic mass is 32.1. The number of aromatic amines is 1. The van der Waals surface area contributed by atoms with Crippen molar-refractivity contribution >= 4 is 28.3 Å². The van der Waals surface area contributed by atoms with Gasteiger partial charge in [-0.1, -0.05) is 23.4 Å². The molecule has 7 nitrogen and oxygen atoms in total. The maximum Gasteiger partial charge on any atom is 0.227 e. The zero-order valence-corrected chi connectivity index (χ0v) is 16.0. The molecule has 4 aromatic rings. The van der Waals surface area contributed by atoms with Gasteiger partial charge in [0.1, 0.15) is 5.82 Å². The van der Waals surface area contributed by atoms with Gasteiger partial charge in [-0.05, 0) is 36.4 Å². The number of aryl methyl sites for hydroxylation is 1. The number of para-hydroxylation sites is 2. The van der Waals surface area contributed by atoms with Gasteiger partial charge in [-0.25, -0.2) is 4.98 Å². The van der Waals surface area contributed by atoms with Gasteiger partial charge in [-0.15, -0.1) is 11.3 Å². The van der Waals surface area contributed by atoms with Crippen molar-refractivity contribution in [3.63, 3.8) is 0 Å². The van der Waals surface area contributed by atoms with Gasteiger partial charge >= 0.3 is 0 Å². The predicted octanol–water partition coefficient (Wildman–Crippen LogP) is 3.97. The van der Waals surface area contributed by atoms with Crippen molar-refractivity contribution in [2.24, 2.45) is 0 Å². The third-order valence-corrected chi connectivity index (χ3v) is 5.92. The highest BCUT2D eigenvalue weighted by molar-refractivity contribution is 7.13. The molecule has 0 spiro atoms. The molecular weight excluding hydrogens is 374 g/mol. The quantitative estimate of drug-likeness (QED) is 0.554. The SMILES string of the molecule is O=C(CCc1nc(-c2cccs2)no1)N1CCC[C@@H]1c1nc2ccccc2[nH]1. The number of carbonyl (C=O) groups is 1. The maximum atomic E-state index is 12.8. The fourth-order valence-corrected chi connectivity index (χ4v) is 4.35. The normalized spacial score (nSPS) is 16.9. The molecule has 1 atom stereocenters. The van der Waals surface area contributed by atoms with Gasteiger partial charge in [0.2, 0.25) is 17.6 Å². The van der Waals surface area contributed by atoms with Gasteiger partial charge < -0.3 is 14.4 Å². The topological polar surface area (TPSA) is 87.9 Å². The number of fused-ring (bicyclic) bond motifs is 1. The second-order valence-corrected chi connectivity index (χ2v) is 7.82. The summed E-state index contributed by atoms with van der Waals surface area (Å²) in [5.41, 5.74) is 1.94. The fourth-order valence-electron chi connectivity index (χ4n) is 3.70. The minimum Gasteiger partial charge on any atom is -0.340 e. The summed E-state index contributed by atoms with van der Waals surface area (Å²) >= 11 is 1.56. The fraction of sp³-hybridized carbons (Fsp3) is 0.300. The zero-order chi connectivity index (χ0) is 18.9. The van der Waals surface area contributed by atoms with Crippen LogP contribution in [-0.4, -0.2) is 37.5 Å². The molecule has 1 aliphatic heterocycles. The van der Waals surface area contributed by atoms with E-state index >= 15 is 0 Å². The van der Waals surface area contributed by atoms with Gasteiger partial charge in [0.05, 0.1) is 22.0 Å². The Labute approximate surface area is 165 Å². The number of hydrogen-bond donors (Lipinski definition) is 1. The minimum atomic E-state index is 0.00395. The lowest BCUT2D eigenvalue weighted by Crippen LogP contribution is -2.31. The lowest BCUT2D eigenvalue weighted by Gasteiger charge is -2.23. The summed E-state index contributed by atoms with van der Waals surface area (Å²) in [5, 5.41) is 5.98. The molecule has 0 radical (unpaired) electrons. The number of likely N-dealkylation sites (tertiary alicyclic amines) is 1. The average Bonchev–Trinajstić information content (AvgIpc) is 3.50. The van der Waals surface area contributed by atoms with E-state index in [0.29, 0.717) is 24.6 Å². The molecule has 1 fully saturated rings. The van der Waals surface area contributed by atoms with E-state index in [9.17, 15) is 4.79 Å². The largest absolute Gasteiger partial charge is 0.340 e. The van der Waals surface area contributed by atoms with Crippen molar-refractivity contribution in [3.8, 4) is 10.7 Å². The number of aromatic nitrogens is 4. The molecular formula is C20H19N5O2S. The van der Waals surface area contributed by atoms with E-state index in [-0.39, 0.29) is 11.9 Å². The van der Waals surface area contributed by atoms with E-state index in [1.807, 2.05) is 46.7 Å². The first kappa shape index (κ1) is 17.1. The summed E-state index contributed by atoms with van der Waals surface area (Å²) in [6, 6.07) is 11.8. The van der Waals surface area contributed by atoms with Crippen LogP contribution in [0.4, 0.5) is 0 Å². The van der Waals surface area contributed by atoms with Gasteiger partial charge in [0, 0.05) is 19.4 Å². The molecule has 1 N–H and O–H groups in total. The number of imidazole rings is 1. The summed E-state index contributed by atoms with van der Waals surface area (Å²) in [6.07, 6.45) is 2.70. The molecule has 0 bridgehead atoms. The molecule has 1 saturated heterocycles. The second-order valence-electron chi connectivity index (χ2n) is 6.87. The molecule has 4 heterocycles. The number of nitrogens with one attached hydrogen (secondary N) is 1. The van der Waals surface area contributed by atoms with Crippen LogP contribution in [-0.2, 0) is 11.2 Å². The first-order chi connectivity index (χ1) is 13.8. The highest BCUT2D eigenvalue weighted by Crippen LogP contribution is 2.32. The Kier molecular flexibility index (Phi) is 4.40. The van der Waals surface area contributed by atoms with Crippen LogP contribution >= 0.6 is 11.3 Å². The number of benzene rings is 1. The summed E-state index contributed by atoms with van der Waals surface area (Å²) in [5.74, 6) is 2.04. The third kappa shape index (κ3) is 3.20. The third-order valence-electron chi connectivity index (χ3n) is 5.06. The molecule has 3 aromatic heterocycles. The minimum absolute atomic E-state index is 0.00395. The Morgan fingerprint density at radius 3 is 3.04 bits per heavy atom. The van der Waals surface area contributed by atoms with Crippen molar-refractivity contribution in [3.05, 3.63) is 53.5 Å². The molecule has 1 aliphatic rings. The van der Waals surface area contributed by atoms with Crippen molar-refractivity contribution < 1.29 is 9.32 Å². The monoisotopic (exact) mass is 393 g/mol. The number of amides is 1. The van der Waals surface area contributed by atoms with Crippen LogP contribution in [0.3, 0.4) is 0 Å². The molecule has 0 aliphatic carbocycles. The van der Waals surface area contributed by atoms with Crippen molar-refractivity contribution in [2.75, 3.05) is 6.54 Å². The first-order valence-electron chi connectivity index (χ1n) is 9.38. The van der Waals surface area contributed by atoms with E-state index < -0.39 is 0 Å². The molecule has 8 heteroatoms. The highest BCUT2D eigenvalue weighted by Gasteiger charge is 2.32. The molecule has 5 rings (SSSR count). The first-order valence-corrected chi connectivity index (χ1v) is 10.3. The molecule has 1 aromatic carbocycles. The molecule has 1 amide bonds. The number of hydrogen-bond acceptors (Lipinski definition) is 6. The van der Waals surface area contributed by atoms with Crippen molar-refractivity contribution in [2.45, 2.75) is 31.7 Å². The molecule has 142 valence electrons. The predicted molar refractivity (Wildman–Crippen MR) is 106 cm³/mol. The van der Waals surface area contributed by atoms with E-state index in [2.05, 4.69) is 20.1 Å². The Morgan fingerprint density at radius 1 is 1.25 bits per heavy atom. The molecule has 28 heavy (non-hydrogen) atoms. The summed E-state index contributed by atoms with van der Waals surface area (Å²) in [6.45, 7) is 0.755. The van der Waals surface area contributed by atoms with E-state index in [1.165, 1.54) is 0 Å². The average molecular weight is 393 g/mol. The lowest BCUT2D eigenvalue weighted by molar-refractivity contribution is -0.132. The molecule has 0 unspecified atom stereocenters. The Bertz CT molecular complexity index is 1070. The smallest absolute Gasteiger partial charge is 0.227 e. The van der Waals surface area contributed by atoms with Crippen LogP contribution in [0.2, 0.25) is 0 Å². The standard InChI is InChI=1S/C20H19N5O2S/c26-18(10-9-17-23-20(24-27-17)16-8-4-12-28-16)25-11-3-7-15(25)19-21-13-5-1-2-6-14(13)22-19/h1-2,4-6,8,12,15H,3,7,9-11H2,(H,21,22)/t15-/m1/s1. The van der Waals surface area contributed by atoms with Crippen molar-refractivity contribution in [1.29, 1.82) is 0 Å². The number of carbonyl (C=O) groups excluding carboxylic acids is 1. The van der Waals surface area contributed by atoms with Crippen LogP contribution in [0.25, 0.3) is 21.7 Å². The van der Waals surface area contributed by atoms with E-state index in [0.717, 1.165) is 41.1 Å².